The third-order valence-electron chi connectivity index (χ3n) is 6.25. The second kappa shape index (κ2) is 11.0. The van der Waals surface area contributed by atoms with Crippen molar-refractivity contribution in [2.45, 2.75) is 26.7 Å². The number of hydrogen-bond acceptors (Lipinski definition) is 6. The van der Waals surface area contributed by atoms with Gasteiger partial charge in [0.25, 0.3) is 17.7 Å². The Balaban J connectivity index is 1.57. The van der Waals surface area contributed by atoms with Crippen LogP contribution in [0.3, 0.4) is 0 Å². The number of nitrogens with one attached hydrogen (secondary N) is 2. The van der Waals surface area contributed by atoms with Gasteiger partial charge in [0, 0.05) is 23.0 Å². The lowest BCUT2D eigenvalue weighted by molar-refractivity contribution is -0.120. The van der Waals surface area contributed by atoms with E-state index < -0.39 is 11.8 Å². The molecule has 1 heterocycles. The highest BCUT2D eigenvalue weighted by Crippen LogP contribution is 2.38. The SMILES string of the molecule is COc1ccc(N2C(=O)C(Cl)=C(Nc3cc(C(=O)Nc4ccc(C(C)C)cc4)ccc3C)C2=O)c(OC)c1. The third-order valence-corrected chi connectivity index (χ3v) is 6.60. The number of carbonyl (C=O) groups is 3. The highest BCUT2D eigenvalue weighted by Gasteiger charge is 2.40. The predicted octanol–water partition coefficient (Wildman–Crippen LogP) is 5.82. The summed E-state index contributed by atoms with van der Waals surface area (Å²) >= 11 is 6.33. The van der Waals surface area contributed by atoms with E-state index >= 15 is 0 Å². The van der Waals surface area contributed by atoms with Crippen molar-refractivity contribution < 1.29 is 23.9 Å². The molecule has 0 unspecified atom stereocenters. The number of nitrogens with zero attached hydrogens (tertiary/aromatic N) is 1. The van der Waals surface area contributed by atoms with E-state index in [1.807, 2.05) is 31.2 Å². The molecule has 0 radical (unpaired) electrons. The maximum absolute atomic E-state index is 13.3. The van der Waals surface area contributed by atoms with Crippen LogP contribution in [0.25, 0.3) is 0 Å². The number of halogens is 1. The molecule has 0 aromatic heterocycles. The van der Waals surface area contributed by atoms with Crippen molar-refractivity contribution in [3.05, 3.63) is 88.1 Å². The number of hydrogen-bond donors (Lipinski definition) is 2. The topological polar surface area (TPSA) is 97.0 Å². The van der Waals surface area contributed by atoms with Crippen LogP contribution in [-0.4, -0.2) is 31.9 Å². The molecule has 2 N–H and O–H groups in total. The molecule has 1 aliphatic heterocycles. The molecule has 9 heteroatoms. The number of anilines is 3. The Labute approximate surface area is 226 Å². The van der Waals surface area contributed by atoms with Crippen LogP contribution in [0, 0.1) is 6.92 Å². The van der Waals surface area contributed by atoms with Gasteiger partial charge in [0.2, 0.25) is 0 Å². The van der Waals surface area contributed by atoms with Crippen molar-refractivity contribution >= 4 is 46.4 Å². The number of ether oxygens (including phenoxy) is 2. The summed E-state index contributed by atoms with van der Waals surface area (Å²) in [6.45, 7) is 6.02. The zero-order valence-corrected chi connectivity index (χ0v) is 22.5. The number of imide groups is 1. The normalized spacial score (nSPS) is 13.3. The van der Waals surface area contributed by atoms with E-state index in [1.165, 1.54) is 19.8 Å². The number of methoxy groups -OCH3 is 2. The first kappa shape index (κ1) is 26.8. The number of benzene rings is 3. The maximum Gasteiger partial charge on any atom is 0.283 e. The molecule has 0 spiro atoms. The molecule has 0 aliphatic carbocycles. The summed E-state index contributed by atoms with van der Waals surface area (Å²) in [5.41, 5.74) is 3.55. The Kier molecular flexibility index (Phi) is 7.73. The summed E-state index contributed by atoms with van der Waals surface area (Å²) in [5, 5.41) is 5.58. The zero-order valence-electron chi connectivity index (χ0n) is 21.7. The molecule has 3 aromatic rings. The van der Waals surface area contributed by atoms with E-state index in [9.17, 15) is 14.4 Å². The third kappa shape index (κ3) is 5.21. The first-order valence-corrected chi connectivity index (χ1v) is 12.3. The number of amides is 3. The molecule has 0 saturated carbocycles. The van der Waals surface area contributed by atoms with Crippen LogP contribution in [0.4, 0.5) is 17.1 Å². The van der Waals surface area contributed by atoms with E-state index in [-0.39, 0.29) is 28.1 Å². The molecule has 8 nitrogen and oxygen atoms in total. The molecule has 0 bridgehead atoms. The molecular formula is C29H28ClN3O5. The average Bonchev–Trinajstić information content (AvgIpc) is 3.12. The minimum atomic E-state index is -0.695. The van der Waals surface area contributed by atoms with E-state index in [2.05, 4.69) is 24.5 Å². The standard InChI is InChI=1S/C29H28ClN3O5/c1-16(2)18-8-10-20(11-9-18)31-27(34)19-7-6-17(3)22(14-19)32-26-25(30)28(35)33(29(26)36)23-13-12-21(37-4)15-24(23)38-5/h6-16,32H,1-5H3,(H,31,34). The second-order valence-electron chi connectivity index (χ2n) is 9.06. The fourth-order valence-electron chi connectivity index (χ4n) is 3.99. The van der Waals surface area contributed by atoms with Gasteiger partial charge in [0.1, 0.15) is 22.2 Å². The molecule has 4 rings (SSSR count). The van der Waals surface area contributed by atoms with Crippen LogP contribution in [-0.2, 0) is 9.59 Å². The monoisotopic (exact) mass is 533 g/mol. The van der Waals surface area contributed by atoms with Crippen LogP contribution in [0.1, 0.15) is 41.3 Å². The Morgan fingerprint density at radius 2 is 1.63 bits per heavy atom. The fourth-order valence-corrected chi connectivity index (χ4v) is 4.20. The smallest absolute Gasteiger partial charge is 0.283 e. The summed E-state index contributed by atoms with van der Waals surface area (Å²) in [6.07, 6.45) is 0. The molecule has 3 amide bonds. The van der Waals surface area contributed by atoms with Crippen molar-refractivity contribution in [2.75, 3.05) is 29.8 Å². The minimum Gasteiger partial charge on any atom is -0.497 e. The van der Waals surface area contributed by atoms with Crippen LogP contribution in [0.5, 0.6) is 11.5 Å². The molecular weight excluding hydrogens is 506 g/mol. The van der Waals surface area contributed by atoms with Crippen LogP contribution < -0.4 is 25.0 Å². The van der Waals surface area contributed by atoms with E-state index in [0.29, 0.717) is 28.6 Å². The average molecular weight is 534 g/mol. The second-order valence-corrected chi connectivity index (χ2v) is 9.44. The maximum atomic E-state index is 13.3. The van der Waals surface area contributed by atoms with E-state index in [1.54, 1.807) is 36.4 Å². The van der Waals surface area contributed by atoms with E-state index in [4.69, 9.17) is 21.1 Å². The van der Waals surface area contributed by atoms with Gasteiger partial charge in [-0.25, -0.2) is 4.90 Å². The van der Waals surface area contributed by atoms with Crippen molar-refractivity contribution in [1.82, 2.24) is 0 Å². The van der Waals surface area contributed by atoms with Gasteiger partial charge in [-0.15, -0.1) is 0 Å². The fraction of sp³-hybridized carbons (Fsp3) is 0.207. The zero-order chi connectivity index (χ0) is 27.6. The van der Waals surface area contributed by atoms with Gasteiger partial charge in [0.15, 0.2) is 0 Å². The van der Waals surface area contributed by atoms with Gasteiger partial charge in [-0.1, -0.05) is 43.6 Å². The predicted molar refractivity (Wildman–Crippen MR) is 148 cm³/mol. The van der Waals surface area contributed by atoms with Gasteiger partial charge in [-0.3, -0.25) is 14.4 Å². The molecule has 0 saturated heterocycles. The Hall–Kier alpha value is -4.30. The largest absolute Gasteiger partial charge is 0.497 e. The first-order valence-electron chi connectivity index (χ1n) is 11.9. The minimum absolute atomic E-state index is 0.0977. The van der Waals surface area contributed by atoms with Crippen LogP contribution in [0.15, 0.2) is 71.4 Å². The molecule has 0 atom stereocenters. The summed E-state index contributed by atoms with van der Waals surface area (Å²) in [7, 11) is 2.93. The molecule has 38 heavy (non-hydrogen) atoms. The van der Waals surface area contributed by atoms with Gasteiger partial charge in [-0.2, -0.15) is 0 Å². The lowest BCUT2D eigenvalue weighted by atomic mass is 10.0. The Morgan fingerprint density at radius 3 is 2.26 bits per heavy atom. The highest BCUT2D eigenvalue weighted by atomic mass is 35.5. The van der Waals surface area contributed by atoms with Crippen molar-refractivity contribution in [2.24, 2.45) is 0 Å². The number of rotatable bonds is 8. The number of carbonyl (C=O) groups excluding carboxylic acids is 3. The lowest BCUT2D eigenvalue weighted by Gasteiger charge is -2.19. The Bertz CT molecular complexity index is 1450. The summed E-state index contributed by atoms with van der Waals surface area (Å²) in [5.74, 6) is -0.499. The molecule has 0 fully saturated rings. The highest BCUT2D eigenvalue weighted by molar-refractivity contribution is 6.53. The van der Waals surface area contributed by atoms with Crippen molar-refractivity contribution in [1.29, 1.82) is 0 Å². The van der Waals surface area contributed by atoms with Crippen molar-refractivity contribution in [3.8, 4) is 11.5 Å². The molecule has 3 aromatic carbocycles. The van der Waals surface area contributed by atoms with Gasteiger partial charge in [-0.05, 0) is 60.4 Å². The molecule has 196 valence electrons. The summed E-state index contributed by atoms with van der Waals surface area (Å²) in [4.78, 5) is 40.2. The van der Waals surface area contributed by atoms with Crippen LogP contribution in [0.2, 0.25) is 0 Å². The van der Waals surface area contributed by atoms with E-state index in [0.717, 1.165) is 10.5 Å². The number of aryl methyl sites for hydroxylation is 1. The van der Waals surface area contributed by atoms with Gasteiger partial charge >= 0.3 is 0 Å². The first-order chi connectivity index (χ1) is 18.1. The lowest BCUT2D eigenvalue weighted by Crippen LogP contribution is -2.32. The van der Waals surface area contributed by atoms with Gasteiger partial charge < -0.3 is 20.1 Å². The van der Waals surface area contributed by atoms with Gasteiger partial charge in [0.05, 0.1) is 19.9 Å². The quantitative estimate of drug-likeness (QED) is 0.354. The van der Waals surface area contributed by atoms with Crippen molar-refractivity contribution in [3.63, 3.8) is 0 Å². The van der Waals surface area contributed by atoms with Crippen LogP contribution >= 0.6 is 11.6 Å². The Morgan fingerprint density at radius 1 is 0.921 bits per heavy atom. The molecule has 1 aliphatic rings. The summed E-state index contributed by atoms with van der Waals surface area (Å²) in [6, 6.07) is 17.4. The summed E-state index contributed by atoms with van der Waals surface area (Å²) < 4.78 is 10.6.